The van der Waals surface area contributed by atoms with Gasteiger partial charge in [0, 0.05) is 12.6 Å². The van der Waals surface area contributed by atoms with Crippen molar-refractivity contribution < 1.29 is 4.74 Å². The molecule has 18 heavy (non-hydrogen) atoms. The van der Waals surface area contributed by atoms with Crippen molar-refractivity contribution in [3.8, 4) is 0 Å². The summed E-state index contributed by atoms with van der Waals surface area (Å²) in [7, 11) is 0. The number of rotatable bonds is 4. The zero-order valence-corrected chi connectivity index (χ0v) is 12.3. The molecular formula is C16H31NO. The Morgan fingerprint density at radius 1 is 1.28 bits per heavy atom. The third kappa shape index (κ3) is 3.48. The molecule has 1 spiro atoms. The molecule has 1 aliphatic heterocycles. The minimum absolute atomic E-state index is 0.217. The smallest absolute Gasteiger partial charge is 0.0685 e. The predicted octanol–water partition coefficient (Wildman–Crippen LogP) is 3.88. The van der Waals surface area contributed by atoms with Crippen molar-refractivity contribution in [1.82, 2.24) is 0 Å². The number of hydrogen-bond donors (Lipinski definition) is 1. The molecule has 2 nitrogen and oxygen atoms in total. The van der Waals surface area contributed by atoms with Gasteiger partial charge in [-0.25, -0.2) is 0 Å². The molecule has 1 heterocycles. The SMILES string of the molecule is CCC(C)CC(N)C1CCOC2(CCCCC2)C1. The first-order valence-corrected chi connectivity index (χ1v) is 8.05. The first-order chi connectivity index (χ1) is 8.65. The van der Waals surface area contributed by atoms with Crippen LogP contribution in [0.3, 0.4) is 0 Å². The summed E-state index contributed by atoms with van der Waals surface area (Å²) < 4.78 is 6.16. The summed E-state index contributed by atoms with van der Waals surface area (Å²) >= 11 is 0. The molecule has 0 aromatic rings. The van der Waals surface area contributed by atoms with Gasteiger partial charge in [0.15, 0.2) is 0 Å². The van der Waals surface area contributed by atoms with Crippen LogP contribution in [0.15, 0.2) is 0 Å². The van der Waals surface area contributed by atoms with Gasteiger partial charge in [0.2, 0.25) is 0 Å². The van der Waals surface area contributed by atoms with Crippen LogP contribution < -0.4 is 5.73 Å². The van der Waals surface area contributed by atoms with E-state index in [0.717, 1.165) is 12.5 Å². The van der Waals surface area contributed by atoms with E-state index in [4.69, 9.17) is 10.5 Å². The largest absolute Gasteiger partial charge is 0.375 e. The number of nitrogens with two attached hydrogens (primary N) is 1. The van der Waals surface area contributed by atoms with Gasteiger partial charge in [-0.3, -0.25) is 0 Å². The van der Waals surface area contributed by atoms with Crippen LogP contribution in [-0.4, -0.2) is 18.2 Å². The quantitative estimate of drug-likeness (QED) is 0.825. The topological polar surface area (TPSA) is 35.2 Å². The Labute approximate surface area is 113 Å². The van der Waals surface area contributed by atoms with Gasteiger partial charge in [0.25, 0.3) is 0 Å². The van der Waals surface area contributed by atoms with Crippen LogP contribution >= 0.6 is 0 Å². The van der Waals surface area contributed by atoms with Gasteiger partial charge in [0.1, 0.15) is 0 Å². The van der Waals surface area contributed by atoms with Gasteiger partial charge >= 0.3 is 0 Å². The average molecular weight is 253 g/mol. The van der Waals surface area contributed by atoms with Gasteiger partial charge in [0.05, 0.1) is 5.60 Å². The lowest BCUT2D eigenvalue weighted by Gasteiger charge is -2.45. The molecule has 1 aliphatic carbocycles. The lowest BCUT2D eigenvalue weighted by Crippen LogP contribution is -2.46. The molecule has 3 unspecified atom stereocenters. The highest BCUT2D eigenvalue weighted by Crippen LogP contribution is 2.41. The molecule has 0 aromatic carbocycles. The molecule has 2 heteroatoms. The molecule has 3 atom stereocenters. The highest BCUT2D eigenvalue weighted by atomic mass is 16.5. The third-order valence-corrected chi connectivity index (χ3v) is 5.27. The van der Waals surface area contributed by atoms with Crippen molar-refractivity contribution in [1.29, 1.82) is 0 Å². The summed E-state index contributed by atoms with van der Waals surface area (Å²) in [5.74, 6) is 1.47. The zero-order chi connectivity index (χ0) is 13.0. The Hall–Kier alpha value is -0.0800. The molecule has 2 aliphatic rings. The van der Waals surface area contributed by atoms with E-state index in [9.17, 15) is 0 Å². The van der Waals surface area contributed by atoms with Gasteiger partial charge in [-0.1, -0.05) is 39.5 Å². The highest BCUT2D eigenvalue weighted by molar-refractivity contribution is 4.92. The van der Waals surface area contributed by atoms with E-state index in [0.29, 0.717) is 12.0 Å². The summed E-state index contributed by atoms with van der Waals surface area (Å²) in [5, 5.41) is 0. The molecule has 0 bridgehead atoms. The van der Waals surface area contributed by atoms with Crippen molar-refractivity contribution >= 4 is 0 Å². The summed E-state index contributed by atoms with van der Waals surface area (Å²) in [6, 6.07) is 0.391. The minimum atomic E-state index is 0.217. The lowest BCUT2D eigenvalue weighted by molar-refractivity contribution is -0.121. The molecule has 1 saturated heterocycles. The van der Waals surface area contributed by atoms with E-state index < -0.39 is 0 Å². The molecule has 0 radical (unpaired) electrons. The maximum Gasteiger partial charge on any atom is 0.0685 e. The molecule has 1 saturated carbocycles. The standard InChI is InChI=1S/C16H31NO/c1-3-13(2)11-15(17)14-7-10-18-16(12-14)8-5-4-6-9-16/h13-15H,3-12,17H2,1-2H3. The second kappa shape index (κ2) is 6.38. The van der Waals surface area contributed by atoms with E-state index in [2.05, 4.69) is 13.8 Å². The van der Waals surface area contributed by atoms with Crippen LogP contribution in [0, 0.1) is 11.8 Å². The Bertz CT molecular complexity index is 242. The summed E-state index contributed by atoms with van der Waals surface area (Å²) in [4.78, 5) is 0. The normalized spacial score (nSPS) is 31.2. The summed E-state index contributed by atoms with van der Waals surface area (Å²) in [6.07, 6.45) is 11.5. The molecule has 106 valence electrons. The molecule has 2 N–H and O–H groups in total. The van der Waals surface area contributed by atoms with Crippen molar-refractivity contribution in [3.05, 3.63) is 0 Å². The molecule has 0 amide bonds. The molecule has 2 rings (SSSR count). The van der Waals surface area contributed by atoms with Crippen molar-refractivity contribution in [3.63, 3.8) is 0 Å². The predicted molar refractivity (Wildman–Crippen MR) is 76.5 cm³/mol. The monoisotopic (exact) mass is 253 g/mol. The van der Waals surface area contributed by atoms with Gasteiger partial charge < -0.3 is 10.5 Å². The zero-order valence-electron chi connectivity index (χ0n) is 12.3. The Balaban J connectivity index is 1.89. The van der Waals surface area contributed by atoms with Crippen LogP contribution in [0.2, 0.25) is 0 Å². The second-order valence-corrected chi connectivity index (χ2v) is 6.76. The van der Waals surface area contributed by atoms with Crippen LogP contribution in [0.25, 0.3) is 0 Å². The fraction of sp³-hybridized carbons (Fsp3) is 1.00. The van der Waals surface area contributed by atoms with Gasteiger partial charge in [-0.05, 0) is 43.9 Å². The Morgan fingerprint density at radius 2 is 2.00 bits per heavy atom. The maximum atomic E-state index is 6.46. The first-order valence-electron chi connectivity index (χ1n) is 8.05. The fourth-order valence-electron chi connectivity index (χ4n) is 3.80. The maximum absolute atomic E-state index is 6.46. The van der Waals surface area contributed by atoms with Gasteiger partial charge in [-0.2, -0.15) is 0 Å². The van der Waals surface area contributed by atoms with E-state index >= 15 is 0 Å². The van der Waals surface area contributed by atoms with E-state index in [-0.39, 0.29) is 5.60 Å². The lowest BCUT2D eigenvalue weighted by atomic mass is 9.73. The van der Waals surface area contributed by atoms with Crippen LogP contribution in [-0.2, 0) is 4.74 Å². The average Bonchev–Trinajstić information content (AvgIpc) is 2.39. The van der Waals surface area contributed by atoms with E-state index in [1.54, 1.807) is 0 Å². The molecular weight excluding hydrogens is 222 g/mol. The third-order valence-electron chi connectivity index (χ3n) is 5.27. The first kappa shape index (κ1) is 14.3. The van der Waals surface area contributed by atoms with Crippen molar-refractivity contribution in [2.24, 2.45) is 17.6 Å². The van der Waals surface area contributed by atoms with E-state index in [1.807, 2.05) is 0 Å². The van der Waals surface area contributed by atoms with Crippen LogP contribution in [0.5, 0.6) is 0 Å². The Morgan fingerprint density at radius 3 is 2.67 bits per heavy atom. The minimum Gasteiger partial charge on any atom is -0.375 e. The highest BCUT2D eigenvalue weighted by Gasteiger charge is 2.40. The fourth-order valence-corrected chi connectivity index (χ4v) is 3.80. The summed E-state index contributed by atoms with van der Waals surface area (Å²) in [6.45, 7) is 5.54. The molecule has 0 aromatic heterocycles. The Kier molecular flexibility index (Phi) is 5.08. The second-order valence-electron chi connectivity index (χ2n) is 6.76. The van der Waals surface area contributed by atoms with Crippen molar-refractivity contribution in [2.75, 3.05) is 6.61 Å². The van der Waals surface area contributed by atoms with E-state index in [1.165, 1.54) is 57.8 Å². The van der Waals surface area contributed by atoms with Crippen molar-refractivity contribution in [2.45, 2.75) is 83.3 Å². The van der Waals surface area contributed by atoms with Crippen LogP contribution in [0.4, 0.5) is 0 Å². The van der Waals surface area contributed by atoms with Crippen LogP contribution in [0.1, 0.15) is 71.6 Å². The number of ether oxygens (including phenoxy) is 1. The van der Waals surface area contributed by atoms with Gasteiger partial charge in [-0.15, -0.1) is 0 Å². The number of hydrogen-bond acceptors (Lipinski definition) is 2. The molecule has 2 fully saturated rings. The summed E-state index contributed by atoms with van der Waals surface area (Å²) in [5.41, 5.74) is 6.68.